The summed E-state index contributed by atoms with van der Waals surface area (Å²) in [6.07, 6.45) is -4.27. The Morgan fingerprint density at radius 2 is 1.75 bits per heavy atom. The van der Waals surface area contributed by atoms with Crippen molar-refractivity contribution in [3.63, 3.8) is 0 Å². The van der Waals surface area contributed by atoms with Crippen LogP contribution in [0.5, 0.6) is 0 Å². The average molecular weight is 446 g/mol. The van der Waals surface area contributed by atoms with Gasteiger partial charge in [0.25, 0.3) is 0 Å². The molecule has 0 spiro atoms. The van der Waals surface area contributed by atoms with E-state index in [0.29, 0.717) is 22.4 Å². The topological polar surface area (TPSA) is 74.8 Å². The maximum atomic E-state index is 14.2. The van der Waals surface area contributed by atoms with Crippen molar-refractivity contribution >= 4 is 16.6 Å². The molecular formula is C24H25F3N2O3. The van der Waals surface area contributed by atoms with E-state index in [1.165, 1.54) is 16.8 Å². The van der Waals surface area contributed by atoms with Crippen LogP contribution in [0.4, 0.5) is 13.2 Å². The number of alkyl halides is 3. The first-order valence-electron chi connectivity index (χ1n) is 10.0. The van der Waals surface area contributed by atoms with E-state index in [1.54, 1.807) is 69.3 Å². The number of para-hydroxylation sites is 1. The van der Waals surface area contributed by atoms with Gasteiger partial charge in [0.05, 0.1) is 17.8 Å². The van der Waals surface area contributed by atoms with Gasteiger partial charge in [-0.25, -0.2) is 0 Å². The van der Waals surface area contributed by atoms with Crippen molar-refractivity contribution < 1.29 is 23.5 Å². The van der Waals surface area contributed by atoms with E-state index in [1.807, 2.05) is 0 Å². The Kier molecular flexibility index (Phi) is 6.20. The third-order valence-corrected chi connectivity index (χ3v) is 5.79. The van der Waals surface area contributed by atoms with E-state index in [0.717, 1.165) is 0 Å². The first-order chi connectivity index (χ1) is 14.9. The van der Waals surface area contributed by atoms with Crippen LogP contribution in [0.3, 0.4) is 0 Å². The Morgan fingerprint density at radius 1 is 1.06 bits per heavy atom. The van der Waals surface area contributed by atoms with Crippen LogP contribution in [0, 0.1) is 0 Å². The first-order valence-corrected chi connectivity index (χ1v) is 10.0. The highest BCUT2D eigenvalue weighted by Crippen LogP contribution is 2.42. The standard InChI is InChI=1S/C24H25F3N2O3/c1-16(28-32)17-7-6-8-18(13-17)22(2,3)14-23(31,24(25,26)27)15-29-12-11-21(30)19-9-4-5-10-20(19)29/h4-13,31-32H,14-15H2,1-3H3/b28-16-. The van der Waals surface area contributed by atoms with Gasteiger partial charge in [0.2, 0.25) is 0 Å². The molecule has 2 N–H and O–H groups in total. The molecule has 0 aliphatic carbocycles. The van der Waals surface area contributed by atoms with Crippen LogP contribution in [0.25, 0.3) is 10.9 Å². The van der Waals surface area contributed by atoms with E-state index in [2.05, 4.69) is 5.16 Å². The number of hydrogen-bond acceptors (Lipinski definition) is 4. The number of aliphatic hydroxyl groups is 1. The molecule has 0 saturated heterocycles. The molecule has 1 unspecified atom stereocenters. The predicted molar refractivity (Wildman–Crippen MR) is 117 cm³/mol. The molecule has 5 nitrogen and oxygen atoms in total. The molecule has 2 aromatic carbocycles. The van der Waals surface area contributed by atoms with Crippen LogP contribution in [-0.4, -0.2) is 32.4 Å². The van der Waals surface area contributed by atoms with Gasteiger partial charge in [0.1, 0.15) is 0 Å². The molecule has 1 atom stereocenters. The summed E-state index contributed by atoms with van der Waals surface area (Å²) in [6.45, 7) is 4.06. The fourth-order valence-electron chi connectivity index (χ4n) is 3.98. The molecule has 0 aliphatic rings. The van der Waals surface area contributed by atoms with Gasteiger partial charge in [-0.05, 0) is 48.1 Å². The summed E-state index contributed by atoms with van der Waals surface area (Å²) in [6, 6.07) is 14.3. The van der Waals surface area contributed by atoms with Crippen molar-refractivity contribution in [1.82, 2.24) is 4.57 Å². The van der Waals surface area contributed by atoms with Gasteiger partial charge >= 0.3 is 6.18 Å². The number of pyridine rings is 1. The second kappa shape index (κ2) is 8.43. The lowest BCUT2D eigenvalue weighted by Crippen LogP contribution is -2.52. The number of fused-ring (bicyclic) bond motifs is 1. The normalized spacial score (nSPS) is 15.0. The van der Waals surface area contributed by atoms with E-state index < -0.39 is 30.2 Å². The van der Waals surface area contributed by atoms with Crippen molar-refractivity contribution in [1.29, 1.82) is 0 Å². The minimum absolute atomic E-state index is 0.283. The highest BCUT2D eigenvalue weighted by atomic mass is 19.4. The third kappa shape index (κ3) is 4.55. The summed E-state index contributed by atoms with van der Waals surface area (Å²) in [7, 11) is 0. The Hall–Kier alpha value is -3.13. The molecule has 170 valence electrons. The zero-order valence-electron chi connectivity index (χ0n) is 18.0. The van der Waals surface area contributed by atoms with Crippen LogP contribution < -0.4 is 5.43 Å². The van der Waals surface area contributed by atoms with Crippen LogP contribution in [0.2, 0.25) is 0 Å². The lowest BCUT2D eigenvalue weighted by molar-refractivity contribution is -0.271. The number of hydrogen-bond donors (Lipinski definition) is 2. The van der Waals surface area contributed by atoms with Crippen molar-refractivity contribution in [3.05, 3.63) is 82.1 Å². The summed E-state index contributed by atoms with van der Waals surface area (Å²) in [5.74, 6) is 0. The first kappa shape index (κ1) is 23.5. The van der Waals surface area contributed by atoms with E-state index in [-0.39, 0.29) is 10.8 Å². The van der Waals surface area contributed by atoms with Gasteiger partial charge in [0, 0.05) is 17.6 Å². The van der Waals surface area contributed by atoms with Crippen molar-refractivity contribution in [3.8, 4) is 0 Å². The molecular weight excluding hydrogens is 421 g/mol. The largest absolute Gasteiger partial charge is 0.418 e. The molecule has 0 amide bonds. The Morgan fingerprint density at radius 3 is 2.41 bits per heavy atom. The third-order valence-electron chi connectivity index (χ3n) is 5.79. The predicted octanol–water partition coefficient (Wildman–Crippen LogP) is 4.86. The fourth-order valence-corrected chi connectivity index (χ4v) is 3.98. The van der Waals surface area contributed by atoms with Crippen LogP contribution in [0.15, 0.2) is 70.7 Å². The summed E-state index contributed by atoms with van der Waals surface area (Å²) >= 11 is 0. The van der Waals surface area contributed by atoms with Crippen molar-refractivity contribution in [2.24, 2.45) is 5.16 Å². The van der Waals surface area contributed by atoms with Crippen LogP contribution in [0.1, 0.15) is 38.3 Å². The maximum absolute atomic E-state index is 14.2. The number of rotatable bonds is 6. The Bertz CT molecular complexity index is 1210. The molecule has 8 heteroatoms. The zero-order valence-corrected chi connectivity index (χ0v) is 18.0. The molecule has 1 heterocycles. The molecule has 3 rings (SSSR count). The maximum Gasteiger partial charge on any atom is 0.418 e. The SMILES string of the molecule is C/C(=N/O)c1cccc(C(C)(C)CC(O)(Cn2ccc(=O)c3ccccc32)C(F)(F)F)c1. The summed E-state index contributed by atoms with van der Waals surface area (Å²) in [5, 5.41) is 23.4. The number of nitrogens with zero attached hydrogens (tertiary/aromatic N) is 2. The lowest BCUT2D eigenvalue weighted by atomic mass is 9.74. The minimum atomic E-state index is -4.92. The number of aromatic nitrogens is 1. The highest BCUT2D eigenvalue weighted by Gasteiger charge is 2.56. The Balaban J connectivity index is 2.04. The monoisotopic (exact) mass is 446 g/mol. The van der Waals surface area contributed by atoms with E-state index >= 15 is 0 Å². The van der Waals surface area contributed by atoms with Crippen LogP contribution in [-0.2, 0) is 12.0 Å². The van der Waals surface area contributed by atoms with Gasteiger partial charge in [-0.2, -0.15) is 13.2 Å². The van der Waals surface area contributed by atoms with Gasteiger partial charge in [-0.3, -0.25) is 4.79 Å². The number of benzene rings is 2. The molecule has 0 saturated carbocycles. The quantitative estimate of drug-likeness (QED) is 0.323. The summed E-state index contributed by atoms with van der Waals surface area (Å²) in [5.41, 5.74) is -2.67. The molecule has 0 fully saturated rings. The van der Waals surface area contributed by atoms with E-state index in [9.17, 15) is 23.1 Å². The van der Waals surface area contributed by atoms with Gasteiger partial charge in [0.15, 0.2) is 11.0 Å². The molecule has 32 heavy (non-hydrogen) atoms. The molecule has 0 bridgehead atoms. The Labute approximate surface area is 183 Å². The van der Waals surface area contributed by atoms with Gasteiger partial charge < -0.3 is 14.9 Å². The highest BCUT2D eigenvalue weighted by molar-refractivity contribution is 5.98. The van der Waals surface area contributed by atoms with Crippen LogP contribution >= 0.6 is 0 Å². The summed E-state index contributed by atoms with van der Waals surface area (Å²) in [4.78, 5) is 12.1. The van der Waals surface area contributed by atoms with E-state index in [4.69, 9.17) is 5.21 Å². The molecule has 0 radical (unpaired) electrons. The number of halogens is 3. The second-order valence-corrected chi connectivity index (χ2v) is 8.68. The average Bonchev–Trinajstić information content (AvgIpc) is 2.74. The van der Waals surface area contributed by atoms with Crippen molar-refractivity contribution in [2.75, 3.05) is 0 Å². The number of oxime groups is 1. The smallest absolute Gasteiger partial charge is 0.411 e. The van der Waals surface area contributed by atoms with Crippen molar-refractivity contribution in [2.45, 2.75) is 50.9 Å². The minimum Gasteiger partial charge on any atom is -0.411 e. The molecule has 1 aromatic heterocycles. The zero-order chi connectivity index (χ0) is 23.7. The van der Waals surface area contributed by atoms with Gasteiger partial charge in [-0.1, -0.05) is 49.3 Å². The fraction of sp³-hybridized carbons (Fsp3) is 0.333. The second-order valence-electron chi connectivity index (χ2n) is 8.68. The molecule has 0 aliphatic heterocycles. The lowest BCUT2D eigenvalue weighted by Gasteiger charge is -2.38. The van der Waals surface area contributed by atoms with Gasteiger partial charge in [-0.15, -0.1) is 0 Å². The molecule has 3 aromatic rings. The summed E-state index contributed by atoms with van der Waals surface area (Å²) < 4.78 is 43.9.